The Hall–Kier alpha value is -3.53. The lowest BCUT2D eigenvalue weighted by molar-refractivity contribution is -0.134. The topological polar surface area (TPSA) is 45.3 Å². The first kappa shape index (κ1) is 21.7. The molecule has 164 valence electrons. The molecule has 1 unspecified atom stereocenters. The van der Waals surface area contributed by atoms with Gasteiger partial charge in [-0.2, -0.15) is 0 Å². The number of benzene rings is 3. The van der Waals surface area contributed by atoms with E-state index in [1.807, 2.05) is 56.1 Å². The van der Waals surface area contributed by atoms with Crippen LogP contribution in [0, 0.1) is 20.8 Å². The van der Waals surface area contributed by atoms with Gasteiger partial charge >= 0.3 is 0 Å². The maximum atomic E-state index is 13.4. The third kappa shape index (κ3) is 4.54. The molecule has 0 radical (unpaired) electrons. The number of nitrogens with zero attached hydrogens (tertiary/aromatic N) is 1. The molecule has 0 aliphatic heterocycles. The lowest BCUT2D eigenvalue weighted by Crippen LogP contribution is -2.38. The summed E-state index contributed by atoms with van der Waals surface area (Å²) < 4.78 is 5.92. The van der Waals surface area contributed by atoms with Gasteiger partial charge in [0.2, 0.25) is 0 Å². The molecule has 0 aliphatic carbocycles. The number of aromatic amines is 1. The van der Waals surface area contributed by atoms with Crippen LogP contribution in [0.1, 0.15) is 40.8 Å². The van der Waals surface area contributed by atoms with Crippen LogP contribution in [0.3, 0.4) is 0 Å². The van der Waals surface area contributed by atoms with Gasteiger partial charge in [0.25, 0.3) is 5.91 Å². The highest BCUT2D eigenvalue weighted by Gasteiger charge is 2.28. The fourth-order valence-electron chi connectivity index (χ4n) is 4.34. The molecule has 0 spiro atoms. The van der Waals surface area contributed by atoms with Crippen LogP contribution in [-0.4, -0.2) is 28.9 Å². The molecular weight excluding hydrogens is 396 g/mol. The average Bonchev–Trinajstić information content (AvgIpc) is 3.20. The largest absolute Gasteiger partial charge is 0.484 e. The number of amides is 1. The number of aryl methyl sites for hydroxylation is 3. The first-order valence-corrected chi connectivity index (χ1v) is 11.1. The minimum absolute atomic E-state index is 0.00144. The van der Waals surface area contributed by atoms with Crippen molar-refractivity contribution < 1.29 is 9.53 Å². The van der Waals surface area contributed by atoms with Crippen molar-refractivity contribution in [2.75, 3.05) is 13.2 Å². The molecule has 4 nitrogen and oxygen atoms in total. The van der Waals surface area contributed by atoms with Crippen molar-refractivity contribution in [2.45, 2.75) is 33.7 Å². The molecule has 4 aromatic rings. The third-order valence-corrected chi connectivity index (χ3v) is 5.84. The van der Waals surface area contributed by atoms with E-state index in [1.54, 1.807) is 0 Å². The zero-order valence-electron chi connectivity index (χ0n) is 19.2. The molecule has 3 aromatic carbocycles. The average molecular weight is 427 g/mol. The second kappa shape index (κ2) is 9.31. The molecule has 0 fully saturated rings. The van der Waals surface area contributed by atoms with E-state index in [0.717, 1.165) is 38.9 Å². The molecule has 1 aromatic heterocycles. The Labute approximate surface area is 189 Å². The summed E-state index contributed by atoms with van der Waals surface area (Å²) in [6.45, 7) is 8.74. The predicted molar refractivity (Wildman–Crippen MR) is 130 cm³/mol. The van der Waals surface area contributed by atoms with Crippen molar-refractivity contribution >= 4 is 16.8 Å². The van der Waals surface area contributed by atoms with Crippen molar-refractivity contribution in [1.82, 2.24) is 9.88 Å². The highest BCUT2D eigenvalue weighted by atomic mass is 16.5. The van der Waals surface area contributed by atoms with E-state index in [1.165, 1.54) is 5.56 Å². The van der Waals surface area contributed by atoms with E-state index in [0.29, 0.717) is 6.54 Å². The van der Waals surface area contributed by atoms with Gasteiger partial charge in [-0.1, -0.05) is 54.1 Å². The van der Waals surface area contributed by atoms with E-state index in [9.17, 15) is 4.79 Å². The van der Waals surface area contributed by atoms with Gasteiger partial charge in [-0.05, 0) is 62.6 Å². The number of H-pyrrole nitrogens is 1. The predicted octanol–water partition coefficient (Wildman–Crippen LogP) is 6.11. The number of nitrogens with one attached hydrogen (secondary N) is 1. The maximum absolute atomic E-state index is 13.4. The fraction of sp³-hybridized carbons (Fsp3) is 0.250. The summed E-state index contributed by atoms with van der Waals surface area (Å²) in [5.74, 6) is 0.688. The number of rotatable bonds is 7. The molecule has 1 N–H and O–H groups in total. The summed E-state index contributed by atoms with van der Waals surface area (Å²) in [5, 5.41) is 1.12. The zero-order chi connectivity index (χ0) is 22.7. The van der Waals surface area contributed by atoms with Gasteiger partial charge in [0.05, 0.1) is 6.04 Å². The fourth-order valence-corrected chi connectivity index (χ4v) is 4.34. The van der Waals surface area contributed by atoms with Crippen LogP contribution in [0.5, 0.6) is 5.75 Å². The number of fused-ring (bicyclic) bond motifs is 1. The number of carbonyl (C=O) groups excluding carboxylic acids is 1. The Morgan fingerprint density at radius 2 is 1.62 bits per heavy atom. The molecular formula is C28H30N2O2. The van der Waals surface area contributed by atoms with E-state index in [-0.39, 0.29) is 18.6 Å². The summed E-state index contributed by atoms with van der Waals surface area (Å²) >= 11 is 0. The molecule has 0 aliphatic rings. The number of aromatic nitrogens is 1. The lowest BCUT2D eigenvalue weighted by Gasteiger charge is -2.31. The van der Waals surface area contributed by atoms with Crippen molar-refractivity contribution in [3.05, 3.63) is 101 Å². The van der Waals surface area contributed by atoms with Gasteiger partial charge in [-0.15, -0.1) is 0 Å². The van der Waals surface area contributed by atoms with Gasteiger partial charge in [0.1, 0.15) is 5.75 Å². The van der Waals surface area contributed by atoms with Crippen LogP contribution in [0.15, 0.2) is 72.9 Å². The standard InChI is InChI=1S/C28H30N2O2/c1-5-30(27(31)18-32-23-15-20(3)14-21(4)16-23)28(22-12-10-19(2)11-13-22)25-17-29-26-9-7-6-8-24(25)26/h6-17,28-29H,5,18H2,1-4H3. The van der Waals surface area contributed by atoms with Gasteiger partial charge in [-0.3, -0.25) is 4.79 Å². The highest BCUT2D eigenvalue weighted by Crippen LogP contribution is 2.34. The summed E-state index contributed by atoms with van der Waals surface area (Å²) in [5.41, 5.74) is 6.67. The summed E-state index contributed by atoms with van der Waals surface area (Å²) in [4.78, 5) is 18.7. The van der Waals surface area contributed by atoms with Crippen molar-refractivity contribution in [1.29, 1.82) is 0 Å². The number of ether oxygens (including phenoxy) is 1. The first-order chi connectivity index (χ1) is 15.5. The van der Waals surface area contributed by atoms with Crippen molar-refractivity contribution in [3.63, 3.8) is 0 Å². The molecule has 1 amide bonds. The van der Waals surface area contributed by atoms with Gasteiger partial charge in [-0.25, -0.2) is 0 Å². The SMILES string of the molecule is CCN(C(=O)COc1cc(C)cc(C)c1)C(c1ccc(C)cc1)c1c[nH]c2ccccc12. The summed E-state index contributed by atoms with van der Waals surface area (Å²) in [6.07, 6.45) is 2.02. The maximum Gasteiger partial charge on any atom is 0.261 e. The van der Waals surface area contributed by atoms with Gasteiger partial charge in [0.15, 0.2) is 6.61 Å². The van der Waals surface area contributed by atoms with E-state index < -0.39 is 0 Å². The second-order valence-electron chi connectivity index (χ2n) is 8.39. The van der Waals surface area contributed by atoms with Crippen LogP contribution in [0.25, 0.3) is 10.9 Å². The first-order valence-electron chi connectivity index (χ1n) is 11.1. The molecule has 1 heterocycles. The molecule has 0 saturated heterocycles. The van der Waals surface area contributed by atoms with Gasteiger partial charge in [0, 0.05) is 29.2 Å². The molecule has 0 saturated carbocycles. The van der Waals surface area contributed by atoms with Crippen molar-refractivity contribution in [2.24, 2.45) is 0 Å². The Morgan fingerprint density at radius 3 is 2.31 bits per heavy atom. The second-order valence-corrected chi connectivity index (χ2v) is 8.39. The third-order valence-electron chi connectivity index (χ3n) is 5.84. The quantitative estimate of drug-likeness (QED) is 0.387. The lowest BCUT2D eigenvalue weighted by atomic mass is 9.95. The highest BCUT2D eigenvalue weighted by molar-refractivity contribution is 5.86. The number of hydrogen-bond acceptors (Lipinski definition) is 2. The number of para-hydroxylation sites is 1. The van der Waals surface area contributed by atoms with Crippen LogP contribution < -0.4 is 4.74 Å². The van der Waals surface area contributed by atoms with Crippen LogP contribution in [-0.2, 0) is 4.79 Å². The Kier molecular flexibility index (Phi) is 6.31. The van der Waals surface area contributed by atoms with Crippen LogP contribution in [0.2, 0.25) is 0 Å². The Morgan fingerprint density at radius 1 is 0.938 bits per heavy atom. The Balaban J connectivity index is 1.68. The minimum Gasteiger partial charge on any atom is -0.484 e. The van der Waals surface area contributed by atoms with E-state index >= 15 is 0 Å². The van der Waals surface area contributed by atoms with Crippen LogP contribution >= 0.6 is 0 Å². The molecule has 0 bridgehead atoms. The minimum atomic E-state index is -0.202. The van der Waals surface area contributed by atoms with Crippen LogP contribution in [0.4, 0.5) is 0 Å². The smallest absolute Gasteiger partial charge is 0.261 e. The van der Waals surface area contributed by atoms with Crippen molar-refractivity contribution in [3.8, 4) is 5.75 Å². The molecule has 32 heavy (non-hydrogen) atoms. The Bertz CT molecular complexity index is 1200. The zero-order valence-corrected chi connectivity index (χ0v) is 19.2. The molecule has 1 atom stereocenters. The summed E-state index contributed by atoms with van der Waals surface area (Å²) in [6, 6.07) is 22.5. The number of carbonyl (C=O) groups is 1. The van der Waals surface area contributed by atoms with E-state index in [2.05, 4.69) is 54.4 Å². The van der Waals surface area contributed by atoms with Gasteiger partial charge < -0.3 is 14.6 Å². The number of hydrogen-bond donors (Lipinski definition) is 1. The number of likely N-dealkylation sites (N-methyl/N-ethyl adjacent to an activating group) is 1. The molecule has 4 rings (SSSR count). The normalized spacial score (nSPS) is 12.0. The van der Waals surface area contributed by atoms with E-state index in [4.69, 9.17) is 4.74 Å². The molecule has 4 heteroatoms. The monoisotopic (exact) mass is 426 g/mol. The summed E-state index contributed by atoms with van der Waals surface area (Å²) in [7, 11) is 0.